The minimum atomic E-state index is -1.06. The molecule has 0 atom stereocenters. The van der Waals surface area contributed by atoms with Crippen molar-refractivity contribution < 1.29 is 14.3 Å². The van der Waals surface area contributed by atoms with Crippen molar-refractivity contribution in [1.29, 1.82) is 0 Å². The summed E-state index contributed by atoms with van der Waals surface area (Å²) in [7, 11) is 0. The summed E-state index contributed by atoms with van der Waals surface area (Å²) < 4.78 is 10.6. The van der Waals surface area contributed by atoms with Crippen LogP contribution < -0.4 is 4.74 Å². The van der Waals surface area contributed by atoms with Gasteiger partial charge in [0.25, 0.3) is 0 Å². The van der Waals surface area contributed by atoms with Crippen molar-refractivity contribution in [2.45, 2.75) is 31.7 Å². The molecule has 0 bridgehead atoms. The van der Waals surface area contributed by atoms with E-state index in [9.17, 15) is 4.79 Å². The average Bonchev–Trinajstić information content (AvgIpc) is 2.32. The first-order valence-corrected chi connectivity index (χ1v) is 7.11. The highest BCUT2D eigenvalue weighted by Crippen LogP contribution is 2.29. The largest absolute Gasteiger partial charge is 0.475 e. The van der Waals surface area contributed by atoms with E-state index in [0.717, 1.165) is 5.56 Å². The lowest BCUT2D eigenvalue weighted by Gasteiger charge is -2.24. The molecule has 0 N–H and O–H groups in total. The number of halogens is 2. The van der Waals surface area contributed by atoms with E-state index in [4.69, 9.17) is 21.1 Å². The molecule has 0 aromatic heterocycles. The molecule has 0 unspecified atom stereocenters. The SMILES string of the molecule is CCOC(=O)C(C)(C)Oc1ccc(CBr)cc1Cl. The normalized spacial score (nSPS) is 11.2. The number of benzene rings is 1. The first-order chi connectivity index (χ1) is 8.40. The van der Waals surface area contributed by atoms with Gasteiger partial charge in [-0.25, -0.2) is 4.79 Å². The molecule has 18 heavy (non-hydrogen) atoms. The zero-order chi connectivity index (χ0) is 13.8. The minimum Gasteiger partial charge on any atom is -0.475 e. The molecule has 0 heterocycles. The molecule has 0 fully saturated rings. The van der Waals surface area contributed by atoms with Crippen LogP contribution in [0.4, 0.5) is 0 Å². The van der Waals surface area contributed by atoms with Crippen molar-refractivity contribution in [3.8, 4) is 5.75 Å². The van der Waals surface area contributed by atoms with Crippen LogP contribution in [-0.4, -0.2) is 18.2 Å². The van der Waals surface area contributed by atoms with E-state index >= 15 is 0 Å². The number of hydrogen-bond acceptors (Lipinski definition) is 3. The Kier molecular flexibility index (Phi) is 5.47. The number of carbonyl (C=O) groups is 1. The molecule has 0 aliphatic heterocycles. The summed E-state index contributed by atoms with van der Waals surface area (Å²) >= 11 is 9.45. The second kappa shape index (κ2) is 6.43. The summed E-state index contributed by atoms with van der Waals surface area (Å²) in [5, 5.41) is 1.19. The van der Waals surface area contributed by atoms with Gasteiger partial charge in [0.2, 0.25) is 0 Å². The Morgan fingerprint density at radius 1 is 1.44 bits per heavy atom. The molecule has 1 rings (SSSR count). The zero-order valence-corrected chi connectivity index (χ0v) is 13.0. The first kappa shape index (κ1) is 15.3. The van der Waals surface area contributed by atoms with Gasteiger partial charge in [-0.3, -0.25) is 0 Å². The van der Waals surface area contributed by atoms with Crippen molar-refractivity contribution in [2.24, 2.45) is 0 Å². The monoisotopic (exact) mass is 334 g/mol. The third-order valence-electron chi connectivity index (χ3n) is 2.28. The van der Waals surface area contributed by atoms with Crippen molar-refractivity contribution in [3.63, 3.8) is 0 Å². The van der Waals surface area contributed by atoms with Crippen LogP contribution in [0, 0.1) is 0 Å². The standard InChI is InChI=1S/C13H16BrClO3/c1-4-17-12(16)13(2,3)18-11-6-5-9(8-14)7-10(11)15/h5-7H,4,8H2,1-3H3. The Labute approximate surface area is 121 Å². The lowest BCUT2D eigenvalue weighted by atomic mass is 10.1. The van der Waals surface area contributed by atoms with E-state index < -0.39 is 11.6 Å². The highest BCUT2D eigenvalue weighted by atomic mass is 79.9. The van der Waals surface area contributed by atoms with Gasteiger partial charge in [-0.2, -0.15) is 0 Å². The molecule has 0 saturated carbocycles. The van der Waals surface area contributed by atoms with Gasteiger partial charge in [-0.05, 0) is 38.5 Å². The molecular formula is C13H16BrClO3. The second-order valence-electron chi connectivity index (χ2n) is 4.23. The molecule has 0 spiro atoms. The minimum absolute atomic E-state index is 0.321. The quantitative estimate of drug-likeness (QED) is 0.603. The summed E-state index contributed by atoms with van der Waals surface area (Å²) in [4.78, 5) is 11.7. The van der Waals surface area contributed by atoms with Crippen molar-refractivity contribution in [2.75, 3.05) is 6.61 Å². The summed E-state index contributed by atoms with van der Waals surface area (Å²) in [5.74, 6) is 0.0602. The molecule has 0 aliphatic carbocycles. The van der Waals surface area contributed by atoms with Gasteiger partial charge in [0.15, 0.2) is 5.60 Å². The highest BCUT2D eigenvalue weighted by molar-refractivity contribution is 9.08. The fourth-order valence-electron chi connectivity index (χ4n) is 1.33. The zero-order valence-electron chi connectivity index (χ0n) is 10.6. The molecule has 0 amide bonds. The number of hydrogen-bond donors (Lipinski definition) is 0. The van der Waals surface area contributed by atoms with Gasteiger partial charge < -0.3 is 9.47 Å². The maximum Gasteiger partial charge on any atom is 0.349 e. The Hall–Kier alpha value is -0.740. The predicted molar refractivity (Wildman–Crippen MR) is 75.4 cm³/mol. The Bertz CT molecular complexity index is 432. The van der Waals surface area contributed by atoms with Gasteiger partial charge in [-0.1, -0.05) is 33.6 Å². The first-order valence-electron chi connectivity index (χ1n) is 5.61. The summed E-state index contributed by atoms with van der Waals surface area (Å²) in [6, 6.07) is 5.43. The Morgan fingerprint density at radius 3 is 2.61 bits per heavy atom. The fraction of sp³-hybridized carbons (Fsp3) is 0.462. The van der Waals surface area contributed by atoms with Crippen LogP contribution in [0.25, 0.3) is 0 Å². The van der Waals surface area contributed by atoms with E-state index in [2.05, 4.69) is 15.9 Å². The molecule has 5 heteroatoms. The number of ether oxygens (including phenoxy) is 2. The second-order valence-corrected chi connectivity index (χ2v) is 5.20. The van der Waals surface area contributed by atoms with Crippen LogP contribution in [0.3, 0.4) is 0 Å². The highest BCUT2D eigenvalue weighted by Gasteiger charge is 2.32. The van der Waals surface area contributed by atoms with Gasteiger partial charge in [0, 0.05) is 5.33 Å². The van der Waals surface area contributed by atoms with E-state index in [1.807, 2.05) is 6.07 Å². The Balaban J connectivity index is 2.87. The maximum absolute atomic E-state index is 11.7. The fourth-order valence-corrected chi connectivity index (χ4v) is 1.92. The molecule has 1 aromatic rings. The van der Waals surface area contributed by atoms with Crippen LogP contribution in [0.15, 0.2) is 18.2 Å². The van der Waals surface area contributed by atoms with Crippen LogP contribution in [0.5, 0.6) is 5.75 Å². The number of carbonyl (C=O) groups excluding carboxylic acids is 1. The molecule has 1 aromatic carbocycles. The van der Waals surface area contributed by atoms with Crippen LogP contribution in [0.2, 0.25) is 5.02 Å². The third-order valence-corrected chi connectivity index (χ3v) is 3.23. The topological polar surface area (TPSA) is 35.5 Å². The summed E-state index contributed by atoms with van der Waals surface area (Å²) in [5.41, 5.74) is -0.0171. The molecule has 100 valence electrons. The maximum atomic E-state index is 11.7. The smallest absolute Gasteiger partial charge is 0.349 e. The van der Waals surface area contributed by atoms with Gasteiger partial charge in [-0.15, -0.1) is 0 Å². The number of esters is 1. The molecule has 0 radical (unpaired) electrons. The van der Waals surface area contributed by atoms with Crippen LogP contribution >= 0.6 is 27.5 Å². The van der Waals surface area contributed by atoms with Crippen molar-refractivity contribution in [1.82, 2.24) is 0 Å². The third kappa shape index (κ3) is 3.89. The van der Waals surface area contributed by atoms with Gasteiger partial charge >= 0.3 is 5.97 Å². The van der Waals surface area contributed by atoms with Crippen LogP contribution in [0.1, 0.15) is 26.3 Å². The van der Waals surface area contributed by atoms with E-state index in [1.54, 1.807) is 32.9 Å². The average molecular weight is 336 g/mol. The number of alkyl halides is 1. The van der Waals surface area contributed by atoms with Crippen LogP contribution in [-0.2, 0) is 14.9 Å². The van der Waals surface area contributed by atoms with Gasteiger partial charge in [0.1, 0.15) is 5.75 Å². The lowest BCUT2D eigenvalue weighted by Crippen LogP contribution is -2.39. The molecular weight excluding hydrogens is 319 g/mol. The van der Waals surface area contributed by atoms with Gasteiger partial charge in [0.05, 0.1) is 11.6 Å². The lowest BCUT2D eigenvalue weighted by molar-refractivity contribution is -0.158. The van der Waals surface area contributed by atoms with Crippen molar-refractivity contribution in [3.05, 3.63) is 28.8 Å². The molecule has 0 saturated heterocycles. The number of rotatable bonds is 5. The van der Waals surface area contributed by atoms with Crippen molar-refractivity contribution >= 4 is 33.5 Å². The summed E-state index contributed by atoms with van der Waals surface area (Å²) in [6.45, 7) is 5.38. The summed E-state index contributed by atoms with van der Waals surface area (Å²) in [6.07, 6.45) is 0. The van der Waals surface area contributed by atoms with E-state index in [1.165, 1.54) is 0 Å². The Morgan fingerprint density at radius 2 is 2.11 bits per heavy atom. The van der Waals surface area contributed by atoms with E-state index in [0.29, 0.717) is 22.7 Å². The van der Waals surface area contributed by atoms with E-state index in [-0.39, 0.29) is 0 Å². The predicted octanol–water partition coefficient (Wildman–Crippen LogP) is 3.96. The molecule has 0 aliphatic rings. The molecule has 3 nitrogen and oxygen atoms in total.